The Morgan fingerprint density at radius 3 is 2.79 bits per heavy atom. The van der Waals surface area contributed by atoms with Crippen molar-refractivity contribution in [3.63, 3.8) is 0 Å². The molecule has 2 aromatic heterocycles. The Balaban J connectivity index is 1.83. The van der Waals surface area contributed by atoms with Crippen molar-refractivity contribution in [1.29, 1.82) is 0 Å². The Hall–Kier alpha value is -1.26. The van der Waals surface area contributed by atoms with E-state index in [2.05, 4.69) is 62.7 Å². The van der Waals surface area contributed by atoms with E-state index in [9.17, 15) is 0 Å². The third-order valence-electron chi connectivity index (χ3n) is 2.96. The van der Waals surface area contributed by atoms with Gasteiger partial charge in [-0.1, -0.05) is 18.2 Å². The molecule has 19 heavy (non-hydrogen) atoms. The van der Waals surface area contributed by atoms with Gasteiger partial charge in [0.15, 0.2) is 0 Å². The van der Waals surface area contributed by atoms with E-state index in [1.807, 2.05) is 18.2 Å². The first kappa shape index (κ1) is 12.8. The number of hydrogen-bond donors (Lipinski definition) is 0. The lowest BCUT2D eigenvalue weighted by Gasteiger charge is -2.01. The number of aromatic nitrogens is 2. The molecule has 0 amide bonds. The molecular weight excluding hydrogens is 320 g/mol. The predicted octanol–water partition coefficient (Wildman–Crippen LogP) is 4.70. The normalized spacial score (nSPS) is 11.1. The molecular formula is C15H13BrN2S. The molecule has 0 saturated heterocycles. The summed E-state index contributed by atoms with van der Waals surface area (Å²) in [5, 5.41) is 0. The van der Waals surface area contributed by atoms with Crippen molar-refractivity contribution in [3.8, 4) is 0 Å². The van der Waals surface area contributed by atoms with Crippen LogP contribution in [-0.4, -0.2) is 9.38 Å². The van der Waals surface area contributed by atoms with Gasteiger partial charge in [0, 0.05) is 27.0 Å². The molecule has 0 N–H and O–H groups in total. The second-order valence-electron chi connectivity index (χ2n) is 4.35. The maximum Gasteiger partial charge on any atom is 0.137 e. The Morgan fingerprint density at radius 2 is 2.00 bits per heavy atom. The molecule has 0 spiro atoms. The predicted molar refractivity (Wildman–Crippen MR) is 83.6 cm³/mol. The molecule has 0 aliphatic heterocycles. The summed E-state index contributed by atoms with van der Waals surface area (Å²) in [4.78, 5) is 5.89. The number of imidazole rings is 1. The first-order valence-electron chi connectivity index (χ1n) is 6.05. The maximum absolute atomic E-state index is 4.65. The zero-order valence-corrected chi connectivity index (χ0v) is 12.9. The topological polar surface area (TPSA) is 17.3 Å². The molecule has 3 rings (SSSR count). The van der Waals surface area contributed by atoms with E-state index in [4.69, 9.17) is 0 Å². The number of thioether (sulfide) groups is 1. The number of fused-ring (bicyclic) bond motifs is 1. The lowest BCUT2D eigenvalue weighted by molar-refractivity contribution is 1.09. The third-order valence-corrected chi connectivity index (χ3v) is 5.02. The van der Waals surface area contributed by atoms with Gasteiger partial charge in [0.2, 0.25) is 0 Å². The monoisotopic (exact) mass is 332 g/mol. The van der Waals surface area contributed by atoms with Crippen molar-refractivity contribution < 1.29 is 0 Å². The standard InChI is InChI=1S/C15H13BrN2S/c1-11-5-4-8-15-17-12(9-18(11)15)10-19-14-7-3-2-6-13(14)16/h2-9H,10H2,1H3. The molecule has 0 bridgehead atoms. The Bertz CT molecular complexity index is 721. The number of halogens is 1. The van der Waals surface area contributed by atoms with Gasteiger partial charge in [-0.05, 0) is 47.1 Å². The van der Waals surface area contributed by atoms with Gasteiger partial charge in [-0.25, -0.2) is 4.98 Å². The van der Waals surface area contributed by atoms with Gasteiger partial charge >= 0.3 is 0 Å². The van der Waals surface area contributed by atoms with Crippen LogP contribution >= 0.6 is 27.7 Å². The van der Waals surface area contributed by atoms with Crippen LogP contribution in [0.1, 0.15) is 11.4 Å². The molecule has 0 aliphatic carbocycles. The molecule has 0 atom stereocenters. The molecule has 1 aromatic carbocycles. The largest absolute Gasteiger partial charge is 0.304 e. The molecule has 96 valence electrons. The molecule has 4 heteroatoms. The first-order valence-corrected chi connectivity index (χ1v) is 7.83. The molecule has 0 saturated carbocycles. The van der Waals surface area contributed by atoms with Gasteiger partial charge in [0.25, 0.3) is 0 Å². The van der Waals surface area contributed by atoms with Gasteiger partial charge < -0.3 is 4.40 Å². The quantitative estimate of drug-likeness (QED) is 0.647. The molecule has 0 fully saturated rings. The van der Waals surface area contributed by atoms with Gasteiger partial charge in [0.1, 0.15) is 5.65 Å². The number of benzene rings is 1. The molecule has 0 unspecified atom stereocenters. The summed E-state index contributed by atoms with van der Waals surface area (Å²) in [7, 11) is 0. The van der Waals surface area contributed by atoms with E-state index in [0.717, 1.165) is 21.6 Å². The summed E-state index contributed by atoms with van der Waals surface area (Å²) in [6, 6.07) is 14.5. The number of aryl methyl sites for hydroxylation is 1. The van der Waals surface area contributed by atoms with Crippen LogP contribution < -0.4 is 0 Å². The van der Waals surface area contributed by atoms with Gasteiger partial charge in [-0.2, -0.15) is 0 Å². The van der Waals surface area contributed by atoms with E-state index in [1.54, 1.807) is 11.8 Å². The zero-order valence-electron chi connectivity index (χ0n) is 10.5. The van der Waals surface area contributed by atoms with Crippen molar-refractivity contribution >= 4 is 33.3 Å². The zero-order chi connectivity index (χ0) is 13.2. The highest BCUT2D eigenvalue weighted by atomic mass is 79.9. The minimum atomic E-state index is 0.879. The smallest absolute Gasteiger partial charge is 0.137 e. The molecule has 0 radical (unpaired) electrons. The number of pyridine rings is 1. The minimum Gasteiger partial charge on any atom is -0.304 e. The highest BCUT2D eigenvalue weighted by Crippen LogP contribution is 2.29. The van der Waals surface area contributed by atoms with E-state index in [1.165, 1.54) is 10.6 Å². The van der Waals surface area contributed by atoms with E-state index in [0.29, 0.717) is 0 Å². The summed E-state index contributed by atoms with van der Waals surface area (Å²) >= 11 is 5.37. The maximum atomic E-state index is 4.65. The fraction of sp³-hybridized carbons (Fsp3) is 0.133. The highest BCUT2D eigenvalue weighted by Gasteiger charge is 2.05. The highest BCUT2D eigenvalue weighted by molar-refractivity contribution is 9.10. The number of nitrogens with zero attached hydrogens (tertiary/aromatic N) is 2. The Labute approximate surface area is 125 Å². The fourth-order valence-electron chi connectivity index (χ4n) is 1.98. The van der Waals surface area contributed by atoms with Gasteiger partial charge in [-0.3, -0.25) is 0 Å². The molecule has 0 aliphatic rings. The molecule has 2 nitrogen and oxygen atoms in total. The van der Waals surface area contributed by atoms with E-state index >= 15 is 0 Å². The van der Waals surface area contributed by atoms with Crippen molar-refractivity contribution in [2.24, 2.45) is 0 Å². The van der Waals surface area contributed by atoms with Crippen LogP contribution in [0.25, 0.3) is 5.65 Å². The first-order chi connectivity index (χ1) is 9.24. The number of hydrogen-bond acceptors (Lipinski definition) is 2. The summed E-state index contributed by atoms with van der Waals surface area (Å²) in [6.07, 6.45) is 2.12. The average Bonchev–Trinajstić information content (AvgIpc) is 2.82. The van der Waals surface area contributed by atoms with Crippen molar-refractivity contribution in [1.82, 2.24) is 9.38 Å². The third kappa shape index (κ3) is 2.69. The Kier molecular flexibility index (Phi) is 3.62. The average molecular weight is 333 g/mol. The molecule has 2 heterocycles. The summed E-state index contributed by atoms with van der Waals surface area (Å²) < 4.78 is 3.27. The van der Waals surface area contributed by atoms with Crippen LogP contribution in [0, 0.1) is 6.92 Å². The van der Waals surface area contributed by atoms with Crippen molar-refractivity contribution in [2.45, 2.75) is 17.6 Å². The van der Waals surface area contributed by atoms with Crippen LogP contribution in [-0.2, 0) is 5.75 Å². The van der Waals surface area contributed by atoms with E-state index < -0.39 is 0 Å². The fourth-order valence-corrected chi connectivity index (χ4v) is 3.43. The number of rotatable bonds is 3. The lowest BCUT2D eigenvalue weighted by atomic mass is 10.4. The lowest BCUT2D eigenvalue weighted by Crippen LogP contribution is -1.86. The van der Waals surface area contributed by atoms with Crippen LogP contribution in [0.3, 0.4) is 0 Å². The van der Waals surface area contributed by atoms with Crippen molar-refractivity contribution in [3.05, 3.63) is 64.5 Å². The van der Waals surface area contributed by atoms with Crippen molar-refractivity contribution in [2.75, 3.05) is 0 Å². The molecule has 3 aromatic rings. The van der Waals surface area contributed by atoms with Crippen LogP contribution in [0.5, 0.6) is 0 Å². The summed E-state index contributed by atoms with van der Waals surface area (Å²) in [5.74, 6) is 0.879. The Morgan fingerprint density at radius 1 is 1.16 bits per heavy atom. The van der Waals surface area contributed by atoms with Crippen LogP contribution in [0.15, 0.2) is 58.0 Å². The SMILES string of the molecule is Cc1cccc2nc(CSc3ccccc3Br)cn12. The van der Waals surface area contributed by atoms with Crippen LogP contribution in [0.4, 0.5) is 0 Å². The minimum absolute atomic E-state index is 0.879. The second kappa shape index (κ2) is 5.39. The second-order valence-corrected chi connectivity index (χ2v) is 6.22. The van der Waals surface area contributed by atoms with E-state index in [-0.39, 0.29) is 0 Å². The van der Waals surface area contributed by atoms with Gasteiger partial charge in [-0.15, -0.1) is 11.8 Å². The van der Waals surface area contributed by atoms with Crippen LogP contribution in [0.2, 0.25) is 0 Å². The summed E-state index contributed by atoms with van der Waals surface area (Å²) in [5.41, 5.74) is 3.33. The van der Waals surface area contributed by atoms with Gasteiger partial charge in [0.05, 0.1) is 5.69 Å². The summed E-state index contributed by atoms with van der Waals surface area (Å²) in [6.45, 7) is 2.10.